The van der Waals surface area contributed by atoms with E-state index in [-0.39, 0.29) is 23.6 Å². The first-order valence-corrected chi connectivity index (χ1v) is 12.9. The van der Waals surface area contributed by atoms with Crippen LogP contribution >= 0.6 is 11.8 Å². The Balaban J connectivity index is 1.47. The van der Waals surface area contributed by atoms with E-state index in [0.29, 0.717) is 19.8 Å². The molecular weight excluding hydrogens is 452 g/mol. The monoisotopic (exact) mass is 488 g/mol. The third kappa shape index (κ3) is 5.85. The smallest absolute Gasteiger partial charge is 0.220 e. The molecule has 0 radical (unpaired) electrons. The molecule has 0 spiro atoms. The normalized spacial score (nSPS) is 33.8. The van der Waals surface area contributed by atoms with Crippen LogP contribution < -0.4 is 0 Å². The van der Waals surface area contributed by atoms with Gasteiger partial charge in [0.2, 0.25) is 11.6 Å². The molecule has 2 fully saturated rings. The standard InChI is InChI=1S/C27H36O6S/c1-26(28-3)27(2,29-4)33-25-23(32-26)15-22(18-30-16-20-11-7-5-8-12-20)34-19-24(25)31-17-21-13-9-6-10-14-21/h5-14,22-25H,15-19H2,1-4H3/t22-,23-,24+,25+,26+,27+/m1/s1. The van der Waals surface area contributed by atoms with Crippen LogP contribution in [0.5, 0.6) is 0 Å². The molecule has 0 amide bonds. The molecule has 2 heterocycles. The van der Waals surface area contributed by atoms with E-state index in [1.165, 1.54) is 5.56 Å². The second kappa shape index (κ2) is 11.5. The fourth-order valence-corrected chi connectivity index (χ4v) is 5.71. The first-order valence-electron chi connectivity index (χ1n) is 11.8. The Kier molecular flexibility index (Phi) is 8.69. The minimum atomic E-state index is -1.06. The number of hydrogen-bond donors (Lipinski definition) is 0. The maximum Gasteiger partial charge on any atom is 0.220 e. The molecule has 0 saturated carbocycles. The molecule has 6 atom stereocenters. The Bertz CT molecular complexity index is 883. The van der Waals surface area contributed by atoms with Gasteiger partial charge in [-0.05, 0) is 31.4 Å². The number of benzene rings is 2. The lowest BCUT2D eigenvalue weighted by molar-refractivity contribution is -0.454. The highest BCUT2D eigenvalue weighted by Gasteiger charge is 2.58. The lowest BCUT2D eigenvalue weighted by Gasteiger charge is -2.53. The van der Waals surface area contributed by atoms with E-state index in [9.17, 15) is 0 Å². The van der Waals surface area contributed by atoms with Crippen molar-refractivity contribution in [3.8, 4) is 0 Å². The van der Waals surface area contributed by atoms with Gasteiger partial charge in [0.1, 0.15) is 6.10 Å². The van der Waals surface area contributed by atoms with E-state index in [4.69, 9.17) is 28.4 Å². The van der Waals surface area contributed by atoms with Gasteiger partial charge in [-0.2, -0.15) is 11.8 Å². The van der Waals surface area contributed by atoms with Crippen molar-refractivity contribution in [2.24, 2.45) is 0 Å². The Labute approximate surface area is 207 Å². The van der Waals surface area contributed by atoms with Gasteiger partial charge in [-0.25, -0.2) is 0 Å². The van der Waals surface area contributed by atoms with Gasteiger partial charge >= 0.3 is 0 Å². The van der Waals surface area contributed by atoms with Gasteiger partial charge in [-0.1, -0.05) is 60.7 Å². The van der Waals surface area contributed by atoms with Crippen LogP contribution in [0.1, 0.15) is 31.4 Å². The molecule has 34 heavy (non-hydrogen) atoms. The van der Waals surface area contributed by atoms with Crippen molar-refractivity contribution in [1.29, 1.82) is 0 Å². The fourth-order valence-electron chi connectivity index (χ4n) is 4.44. The van der Waals surface area contributed by atoms with Crippen molar-refractivity contribution in [1.82, 2.24) is 0 Å². The van der Waals surface area contributed by atoms with Crippen LogP contribution in [0, 0.1) is 0 Å². The van der Waals surface area contributed by atoms with E-state index < -0.39 is 11.6 Å². The van der Waals surface area contributed by atoms with Crippen LogP contribution in [0.15, 0.2) is 60.7 Å². The van der Waals surface area contributed by atoms with E-state index in [0.717, 1.165) is 17.7 Å². The van der Waals surface area contributed by atoms with E-state index in [2.05, 4.69) is 24.3 Å². The molecule has 0 unspecified atom stereocenters. The lowest BCUT2D eigenvalue weighted by Crippen LogP contribution is -2.67. The number of thioether (sulfide) groups is 1. The van der Waals surface area contributed by atoms with Crippen LogP contribution in [-0.4, -0.2) is 61.7 Å². The average molecular weight is 489 g/mol. The zero-order chi connectivity index (χ0) is 24.0. The maximum atomic E-state index is 6.59. The minimum Gasteiger partial charge on any atom is -0.376 e. The molecule has 6 nitrogen and oxygen atoms in total. The highest BCUT2D eigenvalue weighted by molar-refractivity contribution is 8.00. The molecule has 0 N–H and O–H groups in total. The molecule has 0 aromatic heterocycles. The maximum absolute atomic E-state index is 6.59. The summed E-state index contributed by atoms with van der Waals surface area (Å²) in [5, 5.41) is 0.248. The van der Waals surface area contributed by atoms with Crippen molar-refractivity contribution in [3.63, 3.8) is 0 Å². The van der Waals surface area contributed by atoms with E-state index >= 15 is 0 Å². The molecule has 2 saturated heterocycles. The first-order chi connectivity index (χ1) is 16.5. The van der Waals surface area contributed by atoms with Crippen LogP contribution in [0.25, 0.3) is 0 Å². The number of fused-ring (bicyclic) bond motifs is 1. The Morgan fingerprint density at radius 1 is 0.853 bits per heavy atom. The van der Waals surface area contributed by atoms with Gasteiger partial charge in [0.25, 0.3) is 0 Å². The van der Waals surface area contributed by atoms with Gasteiger partial charge in [-0.15, -0.1) is 0 Å². The number of rotatable bonds is 9. The molecular formula is C27H36O6S. The topological polar surface area (TPSA) is 55.4 Å². The molecule has 0 aliphatic carbocycles. The SMILES string of the molecule is CO[C@@]1(C)O[C@@H]2[C@@H](OCc3ccccc3)CS[C@@H](COCc3ccccc3)C[C@H]2O[C@]1(C)OC. The molecule has 2 aromatic rings. The van der Waals surface area contributed by atoms with Gasteiger partial charge in [-0.3, -0.25) is 0 Å². The summed E-state index contributed by atoms with van der Waals surface area (Å²) < 4.78 is 37.2. The van der Waals surface area contributed by atoms with Gasteiger partial charge in [0, 0.05) is 25.2 Å². The summed E-state index contributed by atoms with van der Waals surface area (Å²) in [6.45, 7) is 5.46. The lowest BCUT2D eigenvalue weighted by atomic mass is 9.97. The predicted molar refractivity (Wildman–Crippen MR) is 133 cm³/mol. The number of ether oxygens (including phenoxy) is 6. The number of methoxy groups -OCH3 is 2. The Hall–Kier alpha value is -1.45. The zero-order valence-electron chi connectivity index (χ0n) is 20.5. The van der Waals surface area contributed by atoms with Crippen LogP contribution in [-0.2, 0) is 41.6 Å². The summed E-state index contributed by atoms with van der Waals surface area (Å²) in [6.07, 6.45) is 0.108. The van der Waals surface area contributed by atoms with Gasteiger partial charge in [0.15, 0.2) is 0 Å². The van der Waals surface area contributed by atoms with Crippen molar-refractivity contribution in [2.75, 3.05) is 26.6 Å². The minimum absolute atomic E-state index is 0.162. The van der Waals surface area contributed by atoms with Crippen molar-refractivity contribution >= 4 is 11.8 Å². The summed E-state index contributed by atoms with van der Waals surface area (Å²) >= 11 is 1.85. The third-order valence-corrected chi connectivity index (χ3v) is 8.11. The summed E-state index contributed by atoms with van der Waals surface area (Å²) in [6, 6.07) is 20.4. The average Bonchev–Trinajstić information content (AvgIpc) is 3.02. The Morgan fingerprint density at radius 2 is 1.44 bits per heavy atom. The zero-order valence-corrected chi connectivity index (χ0v) is 21.3. The van der Waals surface area contributed by atoms with Crippen molar-refractivity contribution in [3.05, 3.63) is 71.8 Å². The number of hydrogen-bond acceptors (Lipinski definition) is 7. The molecule has 2 aliphatic rings. The summed E-state index contributed by atoms with van der Waals surface area (Å²) in [4.78, 5) is 0. The highest BCUT2D eigenvalue weighted by Crippen LogP contribution is 2.44. The predicted octanol–water partition coefficient (Wildman–Crippen LogP) is 4.80. The highest BCUT2D eigenvalue weighted by atomic mass is 32.2. The molecule has 186 valence electrons. The van der Waals surface area contributed by atoms with Crippen molar-refractivity contribution in [2.45, 2.75) is 68.6 Å². The fraction of sp³-hybridized carbons (Fsp3) is 0.556. The second-order valence-electron chi connectivity index (χ2n) is 9.07. The van der Waals surface area contributed by atoms with E-state index in [1.807, 2.05) is 62.0 Å². The summed E-state index contributed by atoms with van der Waals surface area (Å²) in [5.74, 6) is -1.33. The quantitative estimate of drug-likeness (QED) is 0.502. The van der Waals surface area contributed by atoms with Gasteiger partial charge in [0.05, 0.1) is 32.0 Å². The Morgan fingerprint density at radius 3 is 2.06 bits per heavy atom. The van der Waals surface area contributed by atoms with E-state index in [1.54, 1.807) is 14.2 Å². The largest absolute Gasteiger partial charge is 0.376 e. The molecule has 4 rings (SSSR count). The molecule has 0 bridgehead atoms. The molecule has 2 aliphatic heterocycles. The third-order valence-electron chi connectivity index (χ3n) is 6.79. The molecule has 2 aromatic carbocycles. The second-order valence-corrected chi connectivity index (χ2v) is 10.4. The first kappa shape index (κ1) is 25.6. The van der Waals surface area contributed by atoms with Gasteiger partial charge < -0.3 is 28.4 Å². The van der Waals surface area contributed by atoms with Crippen molar-refractivity contribution < 1.29 is 28.4 Å². The van der Waals surface area contributed by atoms with Crippen LogP contribution in [0.2, 0.25) is 0 Å². The summed E-state index contributed by atoms with van der Waals surface area (Å²) in [5.41, 5.74) is 2.30. The van der Waals surface area contributed by atoms with Crippen LogP contribution in [0.4, 0.5) is 0 Å². The van der Waals surface area contributed by atoms with Crippen LogP contribution in [0.3, 0.4) is 0 Å². The molecule has 7 heteroatoms. The summed E-state index contributed by atoms with van der Waals surface area (Å²) in [7, 11) is 3.24.